The number of alkyl halides is 1. The maximum absolute atomic E-state index is 17.2. The van der Waals surface area contributed by atoms with Crippen LogP contribution in [0, 0.1) is 38.7 Å². The fourth-order valence-electron chi connectivity index (χ4n) is 8.04. The molecule has 1 aromatic carbocycles. The molecule has 11 heteroatoms. The van der Waals surface area contributed by atoms with E-state index >= 15 is 4.39 Å². The van der Waals surface area contributed by atoms with E-state index in [0.717, 1.165) is 12.1 Å². The van der Waals surface area contributed by atoms with Gasteiger partial charge in [-0.3, -0.25) is 19.7 Å². The molecule has 0 saturated heterocycles. The molecule has 4 aliphatic rings. The van der Waals surface area contributed by atoms with Crippen LogP contribution in [-0.4, -0.2) is 56.8 Å². The van der Waals surface area contributed by atoms with Gasteiger partial charge in [0.25, 0.3) is 5.69 Å². The van der Waals surface area contributed by atoms with Gasteiger partial charge in [0.15, 0.2) is 18.1 Å². The first-order chi connectivity index (χ1) is 18.7. The second-order valence-corrected chi connectivity index (χ2v) is 12.0. The molecule has 8 atom stereocenters. The molecule has 2 fully saturated rings. The van der Waals surface area contributed by atoms with Gasteiger partial charge in [0, 0.05) is 35.3 Å². The van der Waals surface area contributed by atoms with Gasteiger partial charge >= 0.3 is 6.16 Å². The lowest BCUT2D eigenvalue weighted by Crippen LogP contribution is -2.69. The maximum atomic E-state index is 17.2. The average molecular weight is 558 g/mol. The standard InChI is InChI=1S/C29H32FNO9/c1-16-12-22-21-9-4-17-13-19(32)10-11-26(17,2)28(21,30)23(33)14-27(22,3)29(16,36)24(34)15-39-25(35)40-20-7-5-18(6-8-20)31(37)38/h4-8,10-11,16,21-23,33,36H,9,12-15H2,1-3H3/t16-,21?,22?,23?,26?,27?,28+,29+/m1/s1. The second-order valence-electron chi connectivity index (χ2n) is 12.0. The summed E-state index contributed by atoms with van der Waals surface area (Å²) < 4.78 is 27.2. The van der Waals surface area contributed by atoms with Crippen molar-refractivity contribution in [2.24, 2.45) is 28.6 Å². The lowest BCUT2D eigenvalue weighted by molar-refractivity contribution is -0.384. The van der Waals surface area contributed by atoms with Gasteiger partial charge in [-0.15, -0.1) is 0 Å². The van der Waals surface area contributed by atoms with Crippen LogP contribution in [0.2, 0.25) is 0 Å². The van der Waals surface area contributed by atoms with E-state index in [0.29, 0.717) is 12.0 Å². The molecular formula is C29H32FNO9. The number of aliphatic hydroxyl groups is 2. The van der Waals surface area contributed by atoms with Crippen LogP contribution in [0.5, 0.6) is 5.75 Å². The molecule has 0 heterocycles. The zero-order chi connectivity index (χ0) is 29.3. The number of ether oxygens (including phenoxy) is 2. The Hall–Kier alpha value is -3.44. The number of carbonyl (C=O) groups excluding carboxylic acids is 3. The van der Waals surface area contributed by atoms with Gasteiger partial charge in [0.05, 0.1) is 11.0 Å². The summed E-state index contributed by atoms with van der Waals surface area (Å²) >= 11 is 0. The summed E-state index contributed by atoms with van der Waals surface area (Å²) in [5.74, 6) is -2.76. The number of allylic oxidation sites excluding steroid dienone is 4. The minimum Gasteiger partial charge on any atom is -0.426 e. The highest BCUT2D eigenvalue weighted by Crippen LogP contribution is 2.70. The van der Waals surface area contributed by atoms with Crippen molar-refractivity contribution in [1.29, 1.82) is 0 Å². The summed E-state index contributed by atoms with van der Waals surface area (Å²) in [6.45, 7) is 4.25. The van der Waals surface area contributed by atoms with Gasteiger partial charge in [-0.2, -0.15) is 0 Å². The second kappa shape index (κ2) is 9.31. The lowest BCUT2D eigenvalue weighted by Gasteiger charge is -2.62. The van der Waals surface area contributed by atoms with Crippen molar-refractivity contribution in [3.05, 3.63) is 58.2 Å². The number of hydrogen-bond donors (Lipinski definition) is 2. The van der Waals surface area contributed by atoms with Crippen molar-refractivity contribution in [3.8, 4) is 5.75 Å². The maximum Gasteiger partial charge on any atom is 0.514 e. The third-order valence-corrected chi connectivity index (χ3v) is 10.2. The van der Waals surface area contributed by atoms with Crippen molar-refractivity contribution in [2.45, 2.75) is 63.8 Å². The van der Waals surface area contributed by atoms with Crippen LogP contribution in [0.25, 0.3) is 0 Å². The summed E-state index contributed by atoms with van der Waals surface area (Å²) in [5, 5.41) is 34.1. The Morgan fingerprint density at radius 2 is 1.88 bits per heavy atom. The number of ketones is 2. The van der Waals surface area contributed by atoms with E-state index in [1.54, 1.807) is 26.8 Å². The van der Waals surface area contributed by atoms with E-state index in [1.165, 1.54) is 18.2 Å². The van der Waals surface area contributed by atoms with Gasteiger partial charge < -0.3 is 19.7 Å². The molecule has 2 N–H and O–H groups in total. The van der Waals surface area contributed by atoms with E-state index in [9.17, 15) is 34.7 Å². The molecule has 0 radical (unpaired) electrons. The quantitative estimate of drug-likeness (QED) is 0.180. The van der Waals surface area contributed by atoms with E-state index in [1.807, 2.05) is 6.08 Å². The third-order valence-electron chi connectivity index (χ3n) is 10.2. The molecule has 0 aliphatic heterocycles. The molecule has 5 rings (SSSR count). The molecule has 40 heavy (non-hydrogen) atoms. The van der Waals surface area contributed by atoms with Crippen LogP contribution >= 0.6 is 0 Å². The molecule has 214 valence electrons. The summed E-state index contributed by atoms with van der Waals surface area (Å²) in [7, 11) is 0. The van der Waals surface area contributed by atoms with Crippen LogP contribution < -0.4 is 4.74 Å². The third kappa shape index (κ3) is 3.77. The molecule has 0 amide bonds. The molecular weight excluding hydrogens is 525 g/mol. The van der Waals surface area contributed by atoms with E-state index in [2.05, 4.69) is 0 Å². The number of nitro benzene ring substituents is 1. The Morgan fingerprint density at radius 1 is 1.20 bits per heavy atom. The molecule has 0 aromatic heterocycles. The molecule has 2 saturated carbocycles. The number of fused-ring (bicyclic) bond motifs is 5. The van der Waals surface area contributed by atoms with Gasteiger partial charge in [-0.1, -0.05) is 31.6 Å². The summed E-state index contributed by atoms with van der Waals surface area (Å²) in [6.07, 6.45) is 2.48. The monoisotopic (exact) mass is 557 g/mol. The SMILES string of the molecule is C[C@@H]1CC2C3CC=C4CC(=O)C=CC4(C)[C@@]3(F)C(O)CC2(C)[C@@]1(O)C(=O)COC(=O)Oc1ccc([N+](=O)[O-])cc1. The lowest BCUT2D eigenvalue weighted by atomic mass is 9.45. The van der Waals surface area contributed by atoms with Gasteiger partial charge in [-0.05, 0) is 56.2 Å². The molecule has 5 unspecified atom stereocenters. The van der Waals surface area contributed by atoms with Crippen molar-refractivity contribution >= 4 is 23.4 Å². The number of benzene rings is 1. The highest BCUT2D eigenvalue weighted by atomic mass is 19.1. The molecule has 1 aromatic rings. The van der Waals surface area contributed by atoms with Crippen LogP contribution in [-0.2, 0) is 14.3 Å². The molecule has 4 aliphatic carbocycles. The van der Waals surface area contributed by atoms with Crippen LogP contribution in [0.15, 0.2) is 48.1 Å². The normalized spacial score (nSPS) is 39.9. The van der Waals surface area contributed by atoms with Crippen LogP contribution in [0.1, 0.15) is 46.5 Å². The Labute approximate surface area is 230 Å². The fraction of sp³-hybridized carbons (Fsp3) is 0.552. The first-order valence-electron chi connectivity index (χ1n) is 13.3. The Kier molecular flexibility index (Phi) is 6.54. The number of halogens is 1. The summed E-state index contributed by atoms with van der Waals surface area (Å²) in [4.78, 5) is 47.9. The molecule has 0 bridgehead atoms. The highest BCUT2D eigenvalue weighted by Gasteiger charge is 2.75. The summed E-state index contributed by atoms with van der Waals surface area (Å²) in [5.41, 5.74) is -6.09. The van der Waals surface area contributed by atoms with Crippen molar-refractivity contribution < 1.29 is 43.4 Å². The number of Topliss-reactive ketones (excluding diaryl/α,β-unsaturated/α-hetero) is 1. The van der Waals surface area contributed by atoms with Gasteiger partial charge in [-0.25, -0.2) is 9.18 Å². The number of hydrogen-bond acceptors (Lipinski definition) is 9. The van der Waals surface area contributed by atoms with Crippen LogP contribution in [0.3, 0.4) is 0 Å². The molecule has 10 nitrogen and oxygen atoms in total. The minimum atomic E-state index is -2.10. The van der Waals surface area contributed by atoms with Gasteiger partial charge in [0.1, 0.15) is 11.4 Å². The molecule has 0 spiro atoms. The van der Waals surface area contributed by atoms with Crippen molar-refractivity contribution in [3.63, 3.8) is 0 Å². The highest BCUT2D eigenvalue weighted by molar-refractivity contribution is 5.94. The number of non-ortho nitro benzene ring substituents is 1. The van der Waals surface area contributed by atoms with Crippen molar-refractivity contribution in [2.75, 3.05) is 6.61 Å². The number of aliphatic hydroxyl groups excluding tert-OH is 1. The Balaban J connectivity index is 1.35. The van der Waals surface area contributed by atoms with E-state index < -0.39 is 69.4 Å². The summed E-state index contributed by atoms with van der Waals surface area (Å²) in [6, 6.07) is 4.69. The predicted octanol–water partition coefficient (Wildman–Crippen LogP) is 4.03. The number of nitro groups is 1. The number of nitrogens with zero attached hydrogens (tertiary/aromatic N) is 1. The Morgan fingerprint density at radius 3 is 2.52 bits per heavy atom. The zero-order valence-corrected chi connectivity index (χ0v) is 22.5. The fourth-order valence-corrected chi connectivity index (χ4v) is 8.04. The van der Waals surface area contributed by atoms with Gasteiger partial charge in [0.2, 0.25) is 5.78 Å². The Bertz CT molecular complexity index is 1340. The first-order valence-corrected chi connectivity index (χ1v) is 13.3. The van der Waals surface area contributed by atoms with E-state index in [-0.39, 0.29) is 36.5 Å². The van der Waals surface area contributed by atoms with Crippen molar-refractivity contribution in [1.82, 2.24) is 0 Å². The van der Waals surface area contributed by atoms with Crippen LogP contribution in [0.4, 0.5) is 14.9 Å². The largest absolute Gasteiger partial charge is 0.514 e. The predicted molar refractivity (Wildman–Crippen MR) is 138 cm³/mol. The minimum absolute atomic E-state index is 0.0330. The topological polar surface area (TPSA) is 153 Å². The van der Waals surface area contributed by atoms with E-state index in [4.69, 9.17) is 9.47 Å². The smallest absolute Gasteiger partial charge is 0.426 e. The zero-order valence-electron chi connectivity index (χ0n) is 22.5. The number of rotatable bonds is 5. The average Bonchev–Trinajstić information content (AvgIpc) is 3.10. The number of carbonyl (C=O) groups is 3. The first kappa shape index (κ1) is 28.1.